The second-order valence-electron chi connectivity index (χ2n) is 4.38. The molecule has 2 N–H and O–H groups in total. The molecule has 1 aliphatic rings. The minimum atomic E-state index is -0.631. The van der Waals surface area contributed by atoms with Crippen molar-refractivity contribution >= 4 is 5.69 Å². The molecule has 0 radical (unpaired) electrons. The molecule has 1 atom stereocenters. The van der Waals surface area contributed by atoms with Gasteiger partial charge < -0.3 is 20.1 Å². The van der Waals surface area contributed by atoms with Gasteiger partial charge in [-0.1, -0.05) is 6.07 Å². The minimum absolute atomic E-state index is 0.281. The summed E-state index contributed by atoms with van der Waals surface area (Å²) < 4.78 is 18.7. The third-order valence-electron chi connectivity index (χ3n) is 3.10. The lowest BCUT2D eigenvalue weighted by Gasteiger charge is -2.31. The number of rotatable bonds is 4. The maximum atomic E-state index is 13.4. The molecular weight excluding hydrogens is 235 g/mol. The Hall–Kier alpha value is -1.17. The largest absolute Gasteiger partial charge is 0.387 e. The average molecular weight is 254 g/mol. The van der Waals surface area contributed by atoms with Gasteiger partial charge in [-0.3, -0.25) is 0 Å². The zero-order chi connectivity index (χ0) is 13.0. The quantitative estimate of drug-likeness (QED) is 0.838. The Labute approximate surface area is 106 Å². The highest BCUT2D eigenvalue weighted by molar-refractivity contribution is 5.55. The van der Waals surface area contributed by atoms with Crippen molar-refractivity contribution < 1.29 is 14.2 Å². The first-order valence-corrected chi connectivity index (χ1v) is 6.17. The monoisotopic (exact) mass is 254 g/mol. The van der Waals surface area contributed by atoms with Crippen molar-refractivity contribution in [3.05, 3.63) is 29.6 Å². The fourth-order valence-corrected chi connectivity index (χ4v) is 2.18. The molecular formula is C13H19FN2O2. The Kier molecular flexibility index (Phi) is 4.52. The van der Waals surface area contributed by atoms with Gasteiger partial charge >= 0.3 is 0 Å². The summed E-state index contributed by atoms with van der Waals surface area (Å²) in [6.07, 6.45) is -0.631. The number of hydrogen-bond donors (Lipinski definition) is 2. The van der Waals surface area contributed by atoms with E-state index in [1.54, 1.807) is 13.1 Å². The van der Waals surface area contributed by atoms with Crippen LogP contribution in [0.2, 0.25) is 0 Å². The van der Waals surface area contributed by atoms with E-state index in [1.807, 2.05) is 0 Å². The van der Waals surface area contributed by atoms with E-state index in [2.05, 4.69) is 10.2 Å². The number of ether oxygens (including phenoxy) is 1. The molecule has 0 aromatic heterocycles. The molecule has 100 valence electrons. The highest BCUT2D eigenvalue weighted by Crippen LogP contribution is 2.28. The van der Waals surface area contributed by atoms with Crippen molar-refractivity contribution in [2.75, 3.05) is 44.8 Å². The van der Waals surface area contributed by atoms with Crippen molar-refractivity contribution in [2.24, 2.45) is 0 Å². The molecule has 4 nitrogen and oxygen atoms in total. The number of benzene rings is 1. The van der Waals surface area contributed by atoms with Crippen molar-refractivity contribution in [2.45, 2.75) is 6.10 Å². The third kappa shape index (κ3) is 2.98. The van der Waals surface area contributed by atoms with Crippen LogP contribution < -0.4 is 10.2 Å². The summed E-state index contributed by atoms with van der Waals surface area (Å²) >= 11 is 0. The van der Waals surface area contributed by atoms with Crippen LogP contribution in [0.5, 0.6) is 0 Å². The molecule has 0 saturated carbocycles. The van der Waals surface area contributed by atoms with E-state index in [9.17, 15) is 9.50 Å². The summed E-state index contributed by atoms with van der Waals surface area (Å²) in [5.41, 5.74) is 1.52. The highest BCUT2D eigenvalue weighted by Gasteiger charge is 2.19. The number of aliphatic hydroxyl groups is 1. The smallest absolute Gasteiger partial charge is 0.125 e. The Morgan fingerprint density at radius 1 is 1.44 bits per heavy atom. The van der Waals surface area contributed by atoms with Crippen LogP contribution in [0.3, 0.4) is 0 Å². The third-order valence-corrected chi connectivity index (χ3v) is 3.10. The van der Waals surface area contributed by atoms with Gasteiger partial charge in [-0.25, -0.2) is 4.39 Å². The van der Waals surface area contributed by atoms with Crippen molar-refractivity contribution in [1.29, 1.82) is 0 Å². The van der Waals surface area contributed by atoms with Gasteiger partial charge in [-0.2, -0.15) is 0 Å². The summed E-state index contributed by atoms with van der Waals surface area (Å²) in [5.74, 6) is -0.281. The molecule has 1 aromatic rings. The van der Waals surface area contributed by atoms with Gasteiger partial charge in [0.05, 0.1) is 19.3 Å². The first kappa shape index (κ1) is 13.3. The predicted molar refractivity (Wildman–Crippen MR) is 68.3 cm³/mol. The molecule has 1 unspecified atom stereocenters. The minimum Gasteiger partial charge on any atom is -0.387 e. The zero-order valence-electron chi connectivity index (χ0n) is 10.5. The van der Waals surface area contributed by atoms with E-state index < -0.39 is 6.10 Å². The standard InChI is InChI=1S/C13H19FN2O2/c1-15-9-13(17)11-3-2-10(14)8-12(11)16-4-6-18-7-5-16/h2-3,8,13,15,17H,4-7,9H2,1H3. The van der Waals surface area contributed by atoms with Crippen molar-refractivity contribution in [1.82, 2.24) is 5.32 Å². The van der Waals surface area contributed by atoms with E-state index in [4.69, 9.17) is 4.74 Å². The molecule has 0 aliphatic carbocycles. The molecule has 1 aliphatic heterocycles. The molecule has 5 heteroatoms. The van der Waals surface area contributed by atoms with Crippen LogP contribution in [0, 0.1) is 5.82 Å². The Morgan fingerprint density at radius 3 is 2.83 bits per heavy atom. The first-order valence-electron chi connectivity index (χ1n) is 6.17. The molecule has 2 rings (SSSR count). The van der Waals surface area contributed by atoms with Crippen LogP contribution in [0.25, 0.3) is 0 Å². The average Bonchev–Trinajstić information content (AvgIpc) is 2.40. The second-order valence-corrected chi connectivity index (χ2v) is 4.38. The topological polar surface area (TPSA) is 44.7 Å². The molecule has 1 fully saturated rings. The van der Waals surface area contributed by atoms with Crippen LogP contribution >= 0.6 is 0 Å². The van der Waals surface area contributed by atoms with Crippen LogP contribution in [-0.2, 0) is 4.74 Å². The van der Waals surface area contributed by atoms with E-state index in [0.29, 0.717) is 19.8 Å². The fraction of sp³-hybridized carbons (Fsp3) is 0.538. The number of halogens is 1. The van der Waals surface area contributed by atoms with E-state index >= 15 is 0 Å². The number of likely N-dealkylation sites (N-methyl/N-ethyl adjacent to an activating group) is 1. The number of morpholine rings is 1. The zero-order valence-corrected chi connectivity index (χ0v) is 10.5. The van der Waals surface area contributed by atoms with Gasteiger partial charge in [0, 0.05) is 30.9 Å². The maximum Gasteiger partial charge on any atom is 0.125 e. The maximum absolute atomic E-state index is 13.4. The Bertz CT molecular complexity index is 395. The van der Waals surface area contributed by atoms with Gasteiger partial charge in [0.2, 0.25) is 0 Å². The van der Waals surface area contributed by atoms with E-state index in [1.165, 1.54) is 12.1 Å². The lowest BCUT2D eigenvalue weighted by Crippen LogP contribution is -2.37. The van der Waals surface area contributed by atoms with Gasteiger partial charge in [-0.05, 0) is 19.2 Å². The van der Waals surface area contributed by atoms with Gasteiger partial charge in [0.15, 0.2) is 0 Å². The van der Waals surface area contributed by atoms with Crippen LogP contribution in [0.15, 0.2) is 18.2 Å². The summed E-state index contributed by atoms with van der Waals surface area (Å²) in [7, 11) is 1.78. The molecule has 1 aromatic carbocycles. The molecule has 1 heterocycles. The lowest BCUT2D eigenvalue weighted by atomic mass is 10.1. The SMILES string of the molecule is CNCC(O)c1ccc(F)cc1N1CCOCC1. The number of hydrogen-bond acceptors (Lipinski definition) is 4. The summed E-state index contributed by atoms with van der Waals surface area (Å²) in [4.78, 5) is 2.06. The highest BCUT2D eigenvalue weighted by atomic mass is 19.1. The molecule has 1 saturated heterocycles. The van der Waals surface area contributed by atoms with Crippen molar-refractivity contribution in [3.8, 4) is 0 Å². The van der Waals surface area contributed by atoms with Crippen LogP contribution in [0.1, 0.15) is 11.7 Å². The predicted octanol–water partition coefficient (Wildman–Crippen LogP) is 0.915. The molecule has 0 amide bonds. The Balaban J connectivity index is 2.27. The fourth-order valence-electron chi connectivity index (χ4n) is 2.18. The normalized spacial score (nSPS) is 17.8. The van der Waals surface area contributed by atoms with Gasteiger partial charge in [-0.15, -0.1) is 0 Å². The summed E-state index contributed by atoms with van der Waals surface area (Å²) in [6, 6.07) is 4.53. The first-order chi connectivity index (χ1) is 8.72. The molecule has 18 heavy (non-hydrogen) atoms. The van der Waals surface area contributed by atoms with Gasteiger partial charge in [0.1, 0.15) is 5.82 Å². The molecule has 0 bridgehead atoms. The summed E-state index contributed by atoms with van der Waals surface area (Å²) in [6.45, 7) is 3.17. The number of anilines is 1. The van der Waals surface area contributed by atoms with Crippen LogP contribution in [0.4, 0.5) is 10.1 Å². The van der Waals surface area contributed by atoms with Crippen LogP contribution in [-0.4, -0.2) is 45.0 Å². The number of nitrogens with one attached hydrogen (secondary N) is 1. The van der Waals surface area contributed by atoms with E-state index in [0.717, 1.165) is 24.3 Å². The van der Waals surface area contributed by atoms with Crippen molar-refractivity contribution in [3.63, 3.8) is 0 Å². The second kappa shape index (κ2) is 6.13. The lowest BCUT2D eigenvalue weighted by molar-refractivity contribution is 0.122. The number of aliphatic hydroxyl groups excluding tert-OH is 1. The van der Waals surface area contributed by atoms with E-state index in [-0.39, 0.29) is 5.82 Å². The number of nitrogens with zero attached hydrogens (tertiary/aromatic N) is 1. The van der Waals surface area contributed by atoms with Gasteiger partial charge in [0.25, 0.3) is 0 Å². The summed E-state index contributed by atoms with van der Waals surface area (Å²) in [5, 5.41) is 13.0. The Morgan fingerprint density at radius 2 is 2.17 bits per heavy atom. The molecule has 0 spiro atoms.